The Bertz CT molecular complexity index is 523. The average molecular weight is 269 g/mol. The summed E-state index contributed by atoms with van der Waals surface area (Å²) in [4.78, 5) is 12.0. The highest BCUT2D eigenvalue weighted by Crippen LogP contribution is 2.21. The lowest BCUT2D eigenvalue weighted by atomic mass is 10.2. The molecule has 8 heteroatoms. The third kappa shape index (κ3) is 2.86. The van der Waals surface area contributed by atoms with E-state index in [9.17, 15) is 0 Å². The van der Waals surface area contributed by atoms with Gasteiger partial charge in [0.05, 0.1) is 6.04 Å². The zero-order valence-electron chi connectivity index (χ0n) is 10.0. The molecule has 0 bridgehead atoms. The van der Waals surface area contributed by atoms with Gasteiger partial charge >= 0.3 is 0 Å². The first-order chi connectivity index (χ1) is 8.58. The van der Waals surface area contributed by atoms with Gasteiger partial charge in [-0.1, -0.05) is 23.7 Å². The van der Waals surface area contributed by atoms with Gasteiger partial charge in [-0.25, -0.2) is 4.98 Å². The Morgan fingerprint density at radius 3 is 2.78 bits per heavy atom. The first-order valence-electron chi connectivity index (χ1n) is 5.45. The summed E-state index contributed by atoms with van der Waals surface area (Å²) in [7, 11) is 0. The van der Waals surface area contributed by atoms with Gasteiger partial charge in [-0.2, -0.15) is 9.97 Å². The van der Waals surface area contributed by atoms with Crippen LogP contribution >= 0.6 is 11.6 Å². The summed E-state index contributed by atoms with van der Waals surface area (Å²) in [5.74, 6) is 1.74. The Labute approximate surface area is 109 Å². The zero-order chi connectivity index (χ0) is 13.1. The van der Waals surface area contributed by atoms with Gasteiger partial charge in [-0.3, -0.25) is 0 Å². The molecule has 7 nitrogen and oxygen atoms in total. The summed E-state index contributed by atoms with van der Waals surface area (Å²) >= 11 is 5.81. The van der Waals surface area contributed by atoms with E-state index in [2.05, 4.69) is 25.4 Å². The lowest BCUT2D eigenvalue weighted by molar-refractivity contribution is 0.384. The van der Waals surface area contributed by atoms with Crippen molar-refractivity contribution in [3.63, 3.8) is 0 Å². The van der Waals surface area contributed by atoms with Crippen molar-refractivity contribution < 1.29 is 4.52 Å². The van der Waals surface area contributed by atoms with Gasteiger partial charge in [0, 0.05) is 13.0 Å². The second-order valence-electron chi connectivity index (χ2n) is 3.71. The molecule has 96 valence electrons. The van der Waals surface area contributed by atoms with Crippen LogP contribution < -0.4 is 11.1 Å². The van der Waals surface area contributed by atoms with Crippen LogP contribution in [0.5, 0.6) is 0 Å². The molecule has 2 aromatic rings. The van der Waals surface area contributed by atoms with Gasteiger partial charge in [-0.05, 0) is 6.42 Å². The molecule has 0 fully saturated rings. The Morgan fingerprint density at radius 1 is 1.44 bits per heavy atom. The number of aromatic nitrogens is 4. The molecule has 0 radical (unpaired) electrons. The van der Waals surface area contributed by atoms with E-state index in [0.29, 0.717) is 17.5 Å². The number of hydrogen-bond acceptors (Lipinski definition) is 7. The Morgan fingerprint density at radius 2 is 2.22 bits per heavy atom. The molecule has 0 saturated heterocycles. The van der Waals surface area contributed by atoms with Crippen LogP contribution in [-0.2, 0) is 0 Å². The molecule has 2 heterocycles. The molecule has 0 aliphatic carbocycles. The molecule has 18 heavy (non-hydrogen) atoms. The van der Waals surface area contributed by atoms with Gasteiger partial charge in [0.1, 0.15) is 11.0 Å². The van der Waals surface area contributed by atoms with E-state index in [1.165, 1.54) is 0 Å². The van der Waals surface area contributed by atoms with Crippen molar-refractivity contribution in [2.45, 2.75) is 26.3 Å². The minimum Gasteiger partial charge on any atom is -0.368 e. The summed E-state index contributed by atoms with van der Waals surface area (Å²) in [6.45, 7) is 3.73. The first kappa shape index (κ1) is 12.6. The third-order valence-corrected chi connectivity index (χ3v) is 2.49. The smallest absolute Gasteiger partial charge is 0.223 e. The van der Waals surface area contributed by atoms with E-state index in [1.54, 1.807) is 13.0 Å². The summed E-state index contributed by atoms with van der Waals surface area (Å²) in [5, 5.41) is 7.29. The van der Waals surface area contributed by atoms with Crippen LogP contribution in [-0.4, -0.2) is 20.1 Å². The predicted octanol–water partition coefficient (Wildman–Crippen LogP) is 1.97. The molecule has 0 spiro atoms. The fraction of sp³-hybridized carbons (Fsp3) is 0.400. The molecule has 0 saturated carbocycles. The number of anilines is 2. The number of nitrogens with two attached hydrogens (primary N) is 1. The molecule has 0 aliphatic heterocycles. The SMILES string of the molecule is CCC(Nc1cc(Cl)nc(N)n1)c1noc(C)n1. The summed E-state index contributed by atoms with van der Waals surface area (Å²) in [6.07, 6.45) is 0.764. The van der Waals surface area contributed by atoms with Crippen molar-refractivity contribution in [1.82, 2.24) is 20.1 Å². The van der Waals surface area contributed by atoms with Gasteiger partial charge in [0.25, 0.3) is 0 Å². The molecule has 0 aliphatic rings. The highest BCUT2D eigenvalue weighted by Gasteiger charge is 2.16. The van der Waals surface area contributed by atoms with Crippen LogP contribution in [0, 0.1) is 6.92 Å². The number of aryl methyl sites for hydroxylation is 1. The maximum Gasteiger partial charge on any atom is 0.223 e. The van der Waals surface area contributed by atoms with Crippen LogP contribution in [0.4, 0.5) is 11.8 Å². The monoisotopic (exact) mass is 268 g/mol. The maximum absolute atomic E-state index is 5.81. The minimum atomic E-state index is -0.118. The highest BCUT2D eigenvalue weighted by atomic mass is 35.5. The molecular weight excluding hydrogens is 256 g/mol. The summed E-state index contributed by atoms with van der Waals surface area (Å²) in [6, 6.07) is 1.47. The largest absolute Gasteiger partial charge is 0.368 e. The summed E-state index contributed by atoms with van der Waals surface area (Å²) < 4.78 is 4.95. The van der Waals surface area contributed by atoms with Crippen molar-refractivity contribution in [2.75, 3.05) is 11.1 Å². The van der Waals surface area contributed by atoms with E-state index in [1.807, 2.05) is 6.92 Å². The number of nitrogens with zero attached hydrogens (tertiary/aromatic N) is 4. The maximum atomic E-state index is 5.81. The lowest BCUT2D eigenvalue weighted by Gasteiger charge is -2.13. The molecule has 1 unspecified atom stereocenters. The number of nitrogens with one attached hydrogen (secondary N) is 1. The normalized spacial score (nSPS) is 12.4. The van der Waals surface area contributed by atoms with Crippen molar-refractivity contribution in [1.29, 1.82) is 0 Å². The second-order valence-corrected chi connectivity index (χ2v) is 4.10. The van der Waals surface area contributed by atoms with Crippen LogP contribution in [0.1, 0.15) is 31.1 Å². The Hall–Kier alpha value is -1.89. The van der Waals surface area contributed by atoms with Gasteiger partial charge < -0.3 is 15.6 Å². The van der Waals surface area contributed by atoms with E-state index in [4.69, 9.17) is 21.9 Å². The van der Waals surface area contributed by atoms with E-state index >= 15 is 0 Å². The average Bonchev–Trinajstić information content (AvgIpc) is 2.71. The van der Waals surface area contributed by atoms with E-state index in [-0.39, 0.29) is 17.1 Å². The molecule has 2 aromatic heterocycles. The van der Waals surface area contributed by atoms with E-state index < -0.39 is 0 Å². The molecular formula is C10H13ClN6O. The van der Waals surface area contributed by atoms with Crippen LogP contribution in [0.15, 0.2) is 10.6 Å². The van der Waals surface area contributed by atoms with Crippen molar-refractivity contribution >= 4 is 23.4 Å². The third-order valence-electron chi connectivity index (χ3n) is 2.30. The quantitative estimate of drug-likeness (QED) is 0.817. The highest BCUT2D eigenvalue weighted by molar-refractivity contribution is 6.29. The second kappa shape index (κ2) is 5.18. The topological polar surface area (TPSA) is 103 Å². The fourth-order valence-electron chi connectivity index (χ4n) is 1.49. The van der Waals surface area contributed by atoms with Crippen molar-refractivity contribution in [3.05, 3.63) is 22.9 Å². The van der Waals surface area contributed by atoms with Crippen molar-refractivity contribution in [2.24, 2.45) is 0 Å². The number of hydrogen-bond donors (Lipinski definition) is 2. The number of rotatable bonds is 4. The fourth-order valence-corrected chi connectivity index (χ4v) is 1.68. The molecule has 0 aromatic carbocycles. The molecule has 0 amide bonds. The van der Waals surface area contributed by atoms with Crippen LogP contribution in [0.25, 0.3) is 0 Å². The van der Waals surface area contributed by atoms with E-state index in [0.717, 1.165) is 6.42 Å². The lowest BCUT2D eigenvalue weighted by Crippen LogP contribution is -2.13. The number of halogens is 1. The Kier molecular flexibility index (Phi) is 3.61. The minimum absolute atomic E-state index is 0.115. The van der Waals surface area contributed by atoms with Gasteiger partial charge in [0.15, 0.2) is 5.82 Å². The van der Waals surface area contributed by atoms with Crippen LogP contribution in [0.2, 0.25) is 5.15 Å². The molecule has 3 N–H and O–H groups in total. The zero-order valence-corrected chi connectivity index (χ0v) is 10.8. The van der Waals surface area contributed by atoms with Gasteiger partial charge in [0.2, 0.25) is 11.8 Å². The van der Waals surface area contributed by atoms with Crippen molar-refractivity contribution in [3.8, 4) is 0 Å². The number of nitrogen functional groups attached to an aromatic ring is 1. The standard InChI is InChI=1S/C10H13ClN6O/c1-3-6(9-13-5(2)18-17-9)14-8-4-7(11)15-10(12)16-8/h4,6H,3H2,1-2H3,(H3,12,14,15,16). The predicted molar refractivity (Wildman–Crippen MR) is 67.1 cm³/mol. The van der Waals surface area contributed by atoms with Crippen LogP contribution in [0.3, 0.4) is 0 Å². The Balaban J connectivity index is 2.20. The summed E-state index contributed by atoms with van der Waals surface area (Å²) in [5.41, 5.74) is 5.52. The molecule has 1 atom stereocenters. The molecule has 2 rings (SSSR count). The van der Waals surface area contributed by atoms with Gasteiger partial charge in [-0.15, -0.1) is 0 Å². The first-order valence-corrected chi connectivity index (χ1v) is 5.83.